The van der Waals surface area contributed by atoms with Crippen molar-refractivity contribution in [1.82, 2.24) is 0 Å². The number of fused-ring (bicyclic) bond motifs is 1. The van der Waals surface area contributed by atoms with Crippen LogP contribution in [0.25, 0.3) is 0 Å². The lowest BCUT2D eigenvalue weighted by molar-refractivity contribution is 0.0939. The number of carbonyl (C=O) groups is 2. The molecule has 1 aromatic carbocycles. The van der Waals surface area contributed by atoms with E-state index in [2.05, 4.69) is 6.08 Å². The fourth-order valence-electron chi connectivity index (χ4n) is 2.08. The van der Waals surface area contributed by atoms with E-state index in [1.54, 1.807) is 12.1 Å². The zero-order valence-electron chi connectivity index (χ0n) is 11.1. The van der Waals surface area contributed by atoms with E-state index >= 15 is 0 Å². The smallest absolute Gasteiger partial charge is 0.228 e. The number of Topliss-reactive ketones (excluding diaryl/α,β-unsaturated/α-hetero) is 1. The van der Waals surface area contributed by atoms with Gasteiger partial charge in [-0.1, -0.05) is 17.7 Å². The highest BCUT2D eigenvalue weighted by molar-refractivity contribution is 6.23. The number of rotatable bonds is 3. The van der Waals surface area contributed by atoms with Gasteiger partial charge < -0.3 is 5.11 Å². The third kappa shape index (κ3) is 2.81. The first kappa shape index (κ1) is 13.3. The molecule has 0 spiro atoms. The Morgan fingerprint density at radius 2 is 1.95 bits per heavy atom. The van der Waals surface area contributed by atoms with Crippen molar-refractivity contribution in [2.24, 2.45) is 0 Å². The molecule has 1 N–H and O–H groups in total. The highest BCUT2D eigenvalue weighted by Crippen LogP contribution is 2.22. The number of allylic oxidation sites excluding steroid dienone is 4. The molecular weight excluding hydrogens is 240 g/mol. The minimum Gasteiger partial charge on any atom is -0.504 e. The van der Waals surface area contributed by atoms with Gasteiger partial charge in [0.25, 0.3) is 0 Å². The van der Waals surface area contributed by atoms with Crippen LogP contribution in [0.4, 0.5) is 0 Å². The summed E-state index contributed by atoms with van der Waals surface area (Å²) < 4.78 is 0. The molecule has 3 heteroatoms. The van der Waals surface area contributed by atoms with Crippen LogP contribution < -0.4 is 0 Å². The normalized spacial score (nSPS) is 13.9. The van der Waals surface area contributed by atoms with Gasteiger partial charge in [0.05, 0.1) is 0 Å². The number of hydrogen-bond acceptors (Lipinski definition) is 3. The second-order valence-corrected chi connectivity index (χ2v) is 4.92. The van der Waals surface area contributed by atoms with Gasteiger partial charge in [-0.05, 0) is 44.4 Å². The van der Waals surface area contributed by atoms with E-state index in [0.29, 0.717) is 5.56 Å². The molecule has 0 radical (unpaired) electrons. The molecule has 0 saturated heterocycles. The van der Waals surface area contributed by atoms with Gasteiger partial charge >= 0.3 is 0 Å². The Kier molecular flexibility index (Phi) is 3.65. The van der Waals surface area contributed by atoms with Crippen molar-refractivity contribution in [2.45, 2.75) is 26.7 Å². The lowest BCUT2D eigenvalue weighted by atomic mass is 9.91. The van der Waals surface area contributed by atoms with Gasteiger partial charge in [0.2, 0.25) is 5.78 Å². The van der Waals surface area contributed by atoms with E-state index in [1.807, 2.05) is 19.9 Å². The van der Waals surface area contributed by atoms with E-state index in [9.17, 15) is 14.7 Å². The van der Waals surface area contributed by atoms with Gasteiger partial charge in [0.1, 0.15) is 0 Å². The molecule has 0 heterocycles. The highest BCUT2D eigenvalue weighted by Gasteiger charge is 2.25. The maximum Gasteiger partial charge on any atom is 0.228 e. The molecule has 19 heavy (non-hydrogen) atoms. The number of benzene rings is 1. The minimum absolute atomic E-state index is 0.288. The van der Waals surface area contributed by atoms with Gasteiger partial charge in [-0.15, -0.1) is 0 Å². The van der Waals surface area contributed by atoms with Crippen LogP contribution in [0.15, 0.2) is 41.7 Å². The third-order valence-electron chi connectivity index (χ3n) is 3.08. The van der Waals surface area contributed by atoms with Gasteiger partial charge in [-0.25, -0.2) is 0 Å². The van der Waals surface area contributed by atoms with Crippen LogP contribution in [0.5, 0.6) is 0 Å². The maximum atomic E-state index is 11.8. The molecule has 1 aliphatic rings. The largest absolute Gasteiger partial charge is 0.504 e. The average Bonchev–Trinajstić information content (AvgIpc) is 2.36. The minimum atomic E-state index is -0.481. The molecule has 0 amide bonds. The predicted molar refractivity (Wildman–Crippen MR) is 73.6 cm³/mol. The summed E-state index contributed by atoms with van der Waals surface area (Å²) in [6, 6.07) is 5.20. The molecule has 3 nitrogen and oxygen atoms in total. The number of hydrogen-bond donors (Lipinski definition) is 1. The van der Waals surface area contributed by atoms with Gasteiger partial charge in [0, 0.05) is 17.2 Å². The Hall–Kier alpha value is -2.16. The van der Waals surface area contributed by atoms with E-state index in [4.69, 9.17) is 0 Å². The summed E-state index contributed by atoms with van der Waals surface area (Å²) >= 11 is 0. The molecular formula is C16H16O3. The summed E-state index contributed by atoms with van der Waals surface area (Å²) in [4.78, 5) is 23.5. The quantitative estimate of drug-likeness (QED) is 0.843. The summed E-state index contributed by atoms with van der Waals surface area (Å²) in [6.07, 6.45) is 4.86. The molecule has 0 aliphatic heterocycles. The number of carbonyl (C=O) groups excluding carboxylic acids is 2. The van der Waals surface area contributed by atoms with E-state index in [-0.39, 0.29) is 11.3 Å². The maximum absolute atomic E-state index is 11.8. The fourth-order valence-corrected chi connectivity index (χ4v) is 2.08. The summed E-state index contributed by atoms with van der Waals surface area (Å²) in [7, 11) is 0. The fraction of sp³-hybridized carbons (Fsp3) is 0.250. The summed E-state index contributed by atoms with van der Waals surface area (Å²) in [5.41, 5.74) is 2.96. The Morgan fingerprint density at radius 1 is 1.21 bits per heavy atom. The molecule has 1 aliphatic carbocycles. The Bertz CT molecular complexity index is 602. The zero-order valence-corrected chi connectivity index (χ0v) is 11.1. The standard InChI is InChI=1S/C16H16O3/c1-10(2)4-3-5-11-6-7-12-13(8-11)14(17)9-15(18)16(12)19/h4,6-9,18H,3,5H2,1-2H3. The van der Waals surface area contributed by atoms with E-state index in [1.165, 1.54) is 5.57 Å². The van der Waals surface area contributed by atoms with Crippen LogP contribution in [0.1, 0.15) is 46.5 Å². The Labute approximate surface area is 112 Å². The lowest BCUT2D eigenvalue weighted by Crippen LogP contribution is -2.17. The zero-order chi connectivity index (χ0) is 14.0. The molecule has 0 bridgehead atoms. The van der Waals surface area contributed by atoms with E-state index < -0.39 is 11.5 Å². The topological polar surface area (TPSA) is 54.4 Å². The van der Waals surface area contributed by atoms with E-state index in [0.717, 1.165) is 24.5 Å². The number of aryl methyl sites for hydroxylation is 1. The first-order valence-corrected chi connectivity index (χ1v) is 6.25. The second kappa shape index (κ2) is 5.22. The highest BCUT2D eigenvalue weighted by atomic mass is 16.3. The van der Waals surface area contributed by atoms with Crippen LogP contribution in [0.2, 0.25) is 0 Å². The van der Waals surface area contributed by atoms with Crippen molar-refractivity contribution >= 4 is 11.6 Å². The van der Waals surface area contributed by atoms with Crippen molar-refractivity contribution in [3.05, 3.63) is 58.4 Å². The summed E-state index contributed by atoms with van der Waals surface area (Å²) in [6.45, 7) is 4.09. The van der Waals surface area contributed by atoms with Crippen LogP contribution in [0, 0.1) is 0 Å². The second-order valence-electron chi connectivity index (χ2n) is 4.92. The third-order valence-corrected chi connectivity index (χ3v) is 3.08. The van der Waals surface area contributed by atoms with Crippen LogP contribution in [-0.2, 0) is 6.42 Å². The first-order valence-electron chi connectivity index (χ1n) is 6.25. The molecule has 0 aromatic heterocycles. The molecule has 98 valence electrons. The molecule has 0 fully saturated rings. The first-order chi connectivity index (χ1) is 8.99. The van der Waals surface area contributed by atoms with Crippen LogP contribution in [-0.4, -0.2) is 16.7 Å². The van der Waals surface area contributed by atoms with Gasteiger partial charge in [-0.2, -0.15) is 0 Å². The van der Waals surface area contributed by atoms with Crippen molar-refractivity contribution in [3.63, 3.8) is 0 Å². The van der Waals surface area contributed by atoms with Gasteiger partial charge in [0.15, 0.2) is 11.5 Å². The van der Waals surface area contributed by atoms with Crippen molar-refractivity contribution in [2.75, 3.05) is 0 Å². The van der Waals surface area contributed by atoms with Crippen molar-refractivity contribution in [3.8, 4) is 0 Å². The molecule has 1 aromatic rings. The Balaban J connectivity index is 2.26. The number of aliphatic hydroxyl groups is 1. The molecule has 0 saturated carbocycles. The SMILES string of the molecule is CC(C)=CCCc1ccc2c(c1)C(=O)C=C(O)C2=O. The number of aliphatic hydroxyl groups excluding tert-OH is 1. The Morgan fingerprint density at radius 3 is 2.63 bits per heavy atom. The van der Waals surface area contributed by atoms with Gasteiger partial charge in [-0.3, -0.25) is 9.59 Å². The monoisotopic (exact) mass is 256 g/mol. The lowest BCUT2D eigenvalue weighted by Gasteiger charge is -2.12. The molecule has 0 atom stereocenters. The van der Waals surface area contributed by atoms with Crippen molar-refractivity contribution < 1.29 is 14.7 Å². The summed E-state index contributed by atoms with van der Waals surface area (Å²) in [5.74, 6) is -1.27. The number of ketones is 2. The average molecular weight is 256 g/mol. The van der Waals surface area contributed by atoms with Crippen LogP contribution in [0.3, 0.4) is 0 Å². The summed E-state index contributed by atoms with van der Waals surface area (Å²) in [5, 5.41) is 9.35. The molecule has 0 unspecified atom stereocenters. The predicted octanol–water partition coefficient (Wildman–Crippen LogP) is 3.41. The van der Waals surface area contributed by atoms with Crippen molar-refractivity contribution in [1.29, 1.82) is 0 Å². The van der Waals surface area contributed by atoms with Crippen LogP contribution >= 0.6 is 0 Å². The molecule has 2 rings (SSSR count).